The summed E-state index contributed by atoms with van der Waals surface area (Å²) in [5.41, 5.74) is 8.02. The molecule has 0 unspecified atom stereocenters. The van der Waals surface area contributed by atoms with Crippen molar-refractivity contribution in [3.63, 3.8) is 0 Å². The molecule has 4 heteroatoms. The molecule has 0 amide bonds. The van der Waals surface area contributed by atoms with Crippen LogP contribution in [0.15, 0.2) is 18.2 Å². The van der Waals surface area contributed by atoms with E-state index in [1.165, 1.54) is 11.3 Å². The van der Waals surface area contributed by atoms with Gasteiger partial charge in [0, 0.05) is 26.2 Å². The third kappa shape index (κ3) is 3.61. The molecular formula is C15H25N3O. The van der Waals surface area contributed by atoms with Crippen LogP contribution < -0.4 is 15.4 Å². The quantitative estimate of drug-likeness (QED) is 0.873. The molecule has 4 nitrogen and oxygen atoms in total. The van der Waals surface area contributed by atoms with Crippen LogP contribution in [0.3, 0.4) is 0 Å². The molecule has 1 heterocycles. The van der Waals surface area contributed by atoms with E-state index >= 15 is 0 Å². The van der Waals surface area contributed by atoms with Gasteiger partial charge >= 0.3 is 0 Å². The number of piperazine rings is 1. The monoisotopic (exact) mass is 263 g/mol. The first-order valence-corrected chi connectivity index (χ1v) is 7.06. The SMILES string of the molecule is COc1cc(C)ccc1N1CCN(CCCN)CC1. The molecule has 0 atom stereocenters. The molecule has 2 rings (SSSR count). The van der Waals surface area contributed by atoms with E-state index in [9.17, 15) is 0 Å². The average Bonchev–Trinajstić information content (AvgIpc) is 2.45. The minimum absolute atomic E-state index is 0.784. The first-order chi connectivity index (χ1) is 9.24. The smallest absolute Gasteiger partial charge is 0.142 e. The van der Waals surface area contributed by atoms with Crippen LogP contribution in [0.1, 0.15) is 12.0 Å². The van der Waals surface area contributed by atoms with E-state index in [4.69, 9.17) is 10.5 Å². The van der Waals surface area contributed by atoms with Gasteiger partial charge < -0.3 is 15.4 Å². The van der Waals surface area contributed by atoms with Gasteiger partial charge in [0.05, 0.1) is 12.8 Å². The minimum atomic E-state index is 0.784. The summed E-state index contributed by atoms with van der Waals surface area (Å²) in [4.78, 5) is 4.90. The van der Waals surface area contributed by atoms with E-state index in [-0.39, 0.29) is 0 Å². The zero-order valence-corrected chi connectivity index (χ0v) is 12.1. The van der Waals surface area contributed by atoms with E-state index in [1.807, 2.05) is 0 Å². The normalized spacial score (nSPS) is 16.7. The van der Waals surface area contributed by atoms with Gasteiger partial charge in [0.1, 0.15) is 5.75 Å². The van der Waals surface area contributed by atoms with E-state index in [0.29, 0.717) is 0 Å². The molecule has 2 N–H and O–H groups in total. The predicted molar refractivity (Wildman–Crippen MR) is 80.1 cm³/mol. The molecule has 1 saturated heterocycles. The molecular weight excluding hydrogens is 238 g/mol. The molecule has 1 aliphatic heterocycles. The molecule has 1 aliphatic rings. The van der Waals surface area contributed by atoms with Crippen molar-refractivity contribution in [1.29, 1.82) is 0 Å². The average molecular weight is 263 g/mol. The van der Waals surface area contributed by atoms with Crippen molar-refractivity contribution < 1.29 is 4.74 Å². The van der Waals surface area contributed by atoms with Gasteiger partial charge in [-0.15, -0.1) is 0 Å². The van der Waals surface area contributed by atoms with Crippen LogP contribution in [-0.2, 0) is 0 Å². The molecule has 0 bridgehead atoms. The Labute approximate surface area is 116 Å². The number of anilines is 1. The van der Waals surface area contributed by atoms with Gasteiger partial charge in [0.15, 0.2) is 0 Å². The van der Waals surface area contributed by atoms with Gasteiger partial charge in [-0.25, -0.2) is 0 Å². The Morgan fingerprint density at radius 2 is 1.95 bits per heavy atom. The number of methoxy groups -OCH3 is 1. The van der Waals surface area contributed by atoms with Crippen LogP contribution in [0, 0.1) is 6.92 Å². The maximum absolute atomic E-state index is 5.56. The van der Waals surface area contributed by atoms with Crippen LogP contribution in [0.4, 0.5) is 5.69 Å². The summed E-state index contributed by atoms with van der Waals surface area (Å²) in [5, 5.41) is 0. The molecule has 1 fully saturated rings. The van der Waals surface area contributed by atoms with Crippen molar-refractivity contribution >= 4 is 5.69 Å². The number of benzene rings is 1. The number of hydrogen-bond acceptors (Lipinski definition) is 4. The highest BCUT2D eigenvalue weighted by Crippen LogP contribution is 2.29. The van der Waals surface area contributed by atoms with Crippen molar-refractivity contribution in [2.24, 2.45) is 5.73 Å². The van der Waals surface area contributed by atoms with Gasteiger partial charge in [0.2, 0.25) is 0 Å². The van der Waals surface area contributed by atoms with E-state index in [2.05, 4.69) is 34.9 Å². The van der Waals surface area contributed by atoms with Crippen molar-refractivity contribution in [3.05, 3.63) is 23.8 Å². The Hall–Kier alpha value is -1.26. The maximum atomic E-state index is 5.56. The Morgan fingerprint density at radius 3 is 2.58 bits per heavy atom. The molecule has 19 heavy (non-hydrogen) atoms. The van der Waals surface area contributed by atoms with Crippen LogP contribution in [-0.4, -0.2) is 51.3 Å². The largest absolute Gasteiger partial charge is 0.495 e. The Bertz CT molecular complexity index is 400. The summed E-state index contributed by atoms with van der Waals surface area (Å²) < 4.78 is 5.50. The van der Waals surface area contributed by atoms with Crippen molar-refractivity contribution in [2.75, 3.05) is 51.3 Å². The van der Waals surface area contributed by atoms with Gasteiger partial charge in [-0.05, 0) is 44.1 Å². The molecule has 0 radical (unpaired) electrons. The van der Waals surface area contributed by atoms with Crippen molar-refractivity contribution in [3.8, 4) is 5.75 Å². The Morgan fingerprint density at radius 1 is 1.21 bits per heavy atom. The summed E-state index contributed by atoms with van der Waals surface area (Å²) in [7, 11) is 1.75. The lowest BCUT2D eigenvalue weighted by molar-refractivity contribution is 0.255. The fourth-order valence-corrected chi connectivity index (χ4v) is 2.57. The molecule has 1 aromatic carbocycles. The summed E-state index contributed by atoms with van der Waals surface area (Å²) in [6.45, 7) is 8.33. The van der Waals surface area contributed by atoms with E-state index in [1.54, 1.807) is 7.11 Å². The number of ether oxygens (including phenoxy) is 1. The van der Waals surface area contributed by atoms with E-state index in [0.717, 1.165) is 51.4 Å². The first-order valence-electron chi connectivity index (χ1n) is 7.06. The molecule has 0 aromatic heterocycles. The van der Waals surface area contributed by atoms with Crippen molar-refractivity contribution in [2.45, 2.75) is 13.3 Å². The van der Waals surface area contributed by atoms with Gasteiger partial charge in [-0.1, -0.05) is 6.07 Å². The van der Waals surface area contributed by atoms with Crippen LogP contribution in [0.25, 0.3) is 0 Å². The number of rotatable bonds is 5. The van der Waals surface area contributed by atoms with Crippen LogP contribution in [0.5, 0.6) is 5.75 Å². The maximum Gasteiger partial charge on any atom is 0.142 e. The lowest BCUT2D eigenvalue weighted by Crippen LogP contribution is -2.47. The second-order valence-electron chi connectivity index (χ2n) is 5.15. The molecule has 0 saturated carbocycles. The second kappa shape index (κ2) is 6.78. The number of nitrogens with two attached hydrogens (primary N) is 1. The predicted octanol–water partition coefficient (Wildman–Crippen LogP) is 1.47. The highest BCUT2D eigenvalue weighted by molar-refractivity contribution is 5.60. The first kappa shape index (κ1) is 14.2. The standard InChI is InChI=1S/C15H25N3O/c1-13-4-5-14(15(12-13)19-2)18-10-8-17(9-11-18)7-3-6-16/h4-5,12H,3,6-11,16H2,1-2H3. The minimum Gasteiger partial charge on any atom is -0.495 e. The van der Waals surface area contributed by atoms with Gasteiger partial charge in [-0.3, -0.25) is 4.90 Å². The molecule has 106 valence electrons. The summed E-state index contributed by atoms with van der Waals surface area (Å²) in [5.74, 6) is 0.982. The van der Waals surface area contributed by atoms with Crippen LogP contribution >= 0.6 is 0 Å². The topological polar surface area (TPSA) is 41.7 Å². The number of hydrogen-bond donors (Lipinski definition) is 1. The Kier molecular flexibility index (Phi) is 5.05. The zero-order chi connectivity index (χ0) is 13.7. The van der Waals surface area contributed by atoms with Crippen molar-refractivity contribution in [1.82, 2.24) is 4.90 Å². The molecule has 1 aromatic rings. The Balaban J connectivity index is 1.97. The zero-order valence-electron chi connectivity index (χ0n) is 12.1. The summed E-state index contributed by atoms with van der Waals surface area (Å²) in [6, 6.07) is 6.43. The van der Waals surface area contributed by atoms with E-state index < -0.39 is 0 Å². The lowest BCUT2D eigenvalue weighted by atomic mass is 10.1. The fraction of sp³-hybridized carbons (Fsp3) is 0.600. The third-order valence-electron chi connectivity index (χ3n) is 3.73. The fourth-order valence-electron chi connectivity index (χ4n) is 2.57. The molecule has 0 aliphatic carbocycles. The highest BCUT2D eigenvalue weighted by Gasteiger charge is 2.19. The summed E-state index contributed by atoms with van der Waals surface area (Å²) >= 11 is 0. The van der Waals surface area contributed by atoms with Gasteiger partial charge in [-0.2, -0.15) is 0 Å². The lowest BCUT2D eigenvalue weighted by Gasteiger charge is -2.36. The third-order valence-corrected chi connectivity index (χ3v) is 3.73. The summed E-state index contributed by atoms with van der Waals surface area (Å²) in [6.07, 6.45) is 1.09. The second-order valence-corrected chi connectivity index (χ2v) is 5.15. The number of nitrogens with zero attached hydrogens (tertiary/aromatic N) is 2. The molecule has 0 spiro atoms. The van der Waals surface area contributed by atoms with Gasteiger partial charge in [0.25, 0.3) is 0 Å². The van der Waals surface area contributed by atoms with Crippen LogP contribution in [0.2, 0.25) is 0 Å². The highest BCUT2D eigenvalue weighted by atomic mass is 16.5. The number of aryl methyl sites for hydroxylation is 1.